The quantitative estimate of drug-likeness (QED) is 0.809. The third kappa shape index (κ3) is 2.10. The summed E-state index contributed by atoms with van der Waals surface area (Å²) in [5.41, 5.74) is 1.09. The number of aromatic hydroxyl groups is 1. The number of benzene rings is 1. The highest BCUT2D eigenvalue weighted by Crippen LogP contribution is 2.33. The van der Waals surface area contributed by atoms with Crippen LogP contribution in [0.5, 0.6) is 5.75 Å². The third-order valence-electron chi connectivity index (χ3n) is 2.77. The van der Waals surface area contributed by atoms with Crippen molar-refractivity contribution < 1.29 is 5.11 Å². The first-order chi connectivity index (χ1) is 6.77. The average molecular weight is 256 g/mol. The monoisotopic (exact) mass is 255 g/mol. The van der Waals surface area contributed by atoms with Crippen molar-refractivity contribution in [3.8, 4) is 5.75 Å². The van der Waals surface area contributed by atoms with Gasteiger partial charge in [-0.25, -0.2) is 0 Å². The molecule has 0 saturated carbocycles. The summed E-state index contributed by atoms with van der Waals surface area (Å²) >= 11 is 3.35. The lowest BCUT2D eigenvalue weighted by Gasteiger charge is -2.23. The van der Waals surface area contributed by atoms with Crippen LogP contribution in [0.3, 0.4) is 0 Å². The van der Waals surface area contributed by atoms with E-state index >= 15 is 0 Å². The van der Waals surface area contributed by atoms with Crippen LogP contribution in [0.4, 0.5) is 0 Å². The van der Waals surface area contributed by atoms with Gasteiger partial charge in [0, 0.05) is 4.47 Å². The lowest BCUT2D eigenvalue weighted by molar-refractivity contribution is 0.424. The van der Waals surface area contributed by atoms with Crippen molar-refractivity contribution in [3.05, 3.63) is 28.2 Å². The highest BCUT2D eigenvalue weighted by atomic mass is 79.9. The zero-order chi connectivity index (χ0) is 9.97. The predicted molar refractivity (Wildman–Crippen MR) is 60.7 cm³/mol. The Labute approximate surface area is 92.5 Å². The summed E-state index contributed by atoms with van der Waals surface area (Å²) in [6, 6.07) is 5.80. The van der Waals surface area contributed by atoms with Crippen LogP contribution >= 0.6 is 15.9 Å². The second-order valence-corrected chi connectivity index (χ2v) is 4.64. The maximum absolute atomic E-state index is 9.79. The summed E-state index contributed by atoms with van der Waals surface area (Å²) in [6.45, 7) is 2.11. The minimum Gasteiger partial charge on any atom is -0.508 e. The maximum Gasteiger partial charge on any atom is 0.120 e. The summed E-state index contributed by atoms with van der Waals surface area (Å²) in [7, 11) is 0. The van der Waals surface area contributed by atoms with Gasteiger partial charge in [0.05, 0.1) is 0 Å². The van der Waals surface area contributed by atoms with Crippen molar-refractivity contribution >= 4 is 15.9 Å². The first kappa shape index (κ1) is 9.99. The Bertz CT molecular complexity index is 321. The van der Waals surface area contributed by atoms with E-state index in [0.29, 0.717) is 11.7 Å². The molecule has 2 rings (SSSR count). The predicted octanol–water partition coefficient (Wildman–Crippen LogP) is 2.62. The van der Waals surface area contributed by atoms with Gasteiger partial charge in [0.1, 0.15) is 5.75 Å². The van der Waals surface area contributed by atoms with Gasteiger partial charge in [0.25, 0.3) is 0 Å². The maximum atomic E-state index is 9.79. The fourth-order valence-electron chi connectivity index (χ4n) is 1.99. The Balaban J connectivity index is 2.22. The van der Waals surface area contributed by atoms with E-state index in [1.54, 1.807) is 6.07 Å². The lowest BCUT2D eigenvalue weighted by atomic mass is 9.90. The molecule has 0 aliphatic carbocycles. The van der Waals surface area contributed by atoms with Crippen molar-refractivity contribution in [1.29, 1.82) is 0 Å². The molecular formula is C11H14BrNO. The number of piperidine rings is 1. The average Bonchev–Trinajstić information content (AvgIpc) is 2.19. The smallest absolute Gasteiger partial charge is 0.120 e. The number of hydrogen-bond donors (Lipinski definition) is 2. The largest absolute Gasteiger partial charge is 0.508 e. The molecule has 1 saturated heterocycles. The number of hydrogen-bond acceptors (Lipinski definition) is 2. The molecule has 76 valence electrons. The number of nitrogens with one attached hydrogen (secondary N) is 1. The highest BCUT2D eigenvalue weighted by Gasteiger charge is 2.17. The van der Waals surface area contributed by atoms with E-state index < -0.39 is 0 Å². The topological polar surface area (TPSA) is 32.3 Å². The fourth-order valence-corrected chi connectivity index (χ4v) is 2.34. The minimum absolute atomic E-state index is 0.422. The molecule has 1 heterocycles. The number of halogens is 1. The van der Waals surface area contributed by atoms with Crippen LogP contribution in [-0.4, -0.2) is 18.2 Å². The SMILES string of the molecule is Oc1cc(Br)ccc1C1CCNCC1. The van der Waals surface area contributed by atoms with Crippen molar-refractivity contribution in [1.82, 2.24) is 5.32 Å². The van der Waals surface area contributed by atoms with Crippen LogP contribution in [0.15, 0.2) is 22.7 Å². The van der Waals surface area contributed by atoms with Crippen molar-refractivity contribution in [2.75, 3.05) is 13.1 Å². The van der Waals surface area contributed by atoms with Gasteiger partial charge >= 0.3 is 0 Å². The molecule has 0 unspecified atom stereocenters. The molecule has 0 bridgehead atoms. The van der Waals surface area contributed by atoms with Crippen LogP contribution in [0, 0.1) is 0 Å². The normalized spacial score (nSPS) is 18.4. The van der Waals surface area contributed by atoms with E-state index in [9.17, 15) is 5.11 Å². The molecule has 14 heavy (non-hydrogen) atoms. The molecule has 1 aromatic rings. The summed E-state index contributed by atoms with van der Waals surface area (Å²) in [5.74, 6) is 0.940. The Hall–Kier alpha value is -0.540. The highest BCUT2D eigenvalue weighted by molar-refractivity contribution is 9.10. The molecule has 1 fully saturated rings. The second-order valence-electron chi connectivity index (χ2n) is 3.73. The molecule has 1 aliphatic heterocycles. The lowest BCUT2D eigenvalue weighted by Crippen LogP contribution is -2.26. The molecule has 2 nitrogen and oxygen atoms in total. The number of rotatable bonds is 1. The van der Waals surface area contributed by atoms with Gasteiger partial charge in [0.15, 0.2) is 0 Å². The van der Waals surface area contributed by atoms with Gasteiger partial charge in [-0.05, 0) is 49.5 Å². The van der Waals surface area contributed by atoms with Crippen LogP contribution in [0.2, 0.25) is 0 Å². The van der Waals surface area contributed by atoms with Gasteiger partial charge in [-0.15, -0.1) is 0 Å². The molecule has 2 N–H and O–H groups in total. The van der Waals surface area contributed by atoms with Crippen molar-refractivity contribution in [2.24, 2.45) is 0 Å². The second kappa shape index (κ2) is 4.32. The molecule has 1 aromatic carbocycles. The van der Waals surface area contributed by atoms with E-state index in [1.807, 2.05) is 12.1 Å². The molecule has 0 atom stereocenters. The van der Waals surface area contributed by atoms with Crippen LogP contribution in [-0.2, 0) is 0 Å². The first-order valence-electron chi connectivity index (χ1n) is 4.96. The third-order valence-corrected chi connectivity index (χ3v) is 3.26. The molecular weight excluding hydrogens is 242 g/mol. The van der Waals surface area contributed by atoms with Crippen molar-refractivity contribution in [3.63, 3.8) is 0 Å². The Morgan fingerprint density at radius 2 is 2.00 bits per heavy atom. The zero-order valence-electron chi connectivity index (χ0n) is 7.96. The van der Waals surface area contributed by atoms with Crippen LogP contribution in [0.25, 0.3) is 0 Å². The van der Waals surface area contributed by atoms with E-state index in [0.717, 1.165) is 36.0 Å². The summed E-state index contributed by atoms with van der Waals surface area (Å²) in [6.07, 6.45) is 2.24. The van der Waals surface area contributed by atoms with Gasteiger partial charge < -0.3 is 10.4 Å². The van der Waals surface area contributed by atoms with Gasteiger partial charge in [-0.2, -0.15) is 0 Å². The van der Waals surface area contributed by atoms with Gasteiger partial charge in [-0.1, -0.05) is 22.0 Å². The molecule has 0 aromatic heterocycles. The Morgan fingerprint density at radius 3 is 2.64 bits per heavy atom. The van der Waals surface area contributed by atoms with Gasteiger partial charge in [0.2, 0.25) is 0 Å². The van der Waals surface area contributed by atoms with Crippen LogP contribution < -0.4 is 5.32 Å². The van der Waals surface area contributed by atoms with E-state index in [1.165, 1.54) is 0 Å². The molecule has 0 spiro atoms. The minimum atomic E-state index is 0.422. The molecule has 3 heteroatoms. The van der Waals surface area contributed by atoms with Gasteiger partial charge in [-0.3, -0.25) is 0 Å². The summed E-state index contributed by atoms with van der Waals surface area (Å²) in [5, 5.41) is 13.1. The number of phenolic OH excluding ortho intramolecular Hbond substituents is 1. The molecule has 0 radical (unpaired) electrons. The van der Waals surface area contributed by atoms with E-state index in [-0.39, 0.29) is 0 Å². The number of phenols is 1. The Kier molecular flexibility index (Phi) is 3.08. The van der Waals surface area contributed by atoms with Crippen molar-refractivity contribution in [2.45, 2.75) is 18.8 Å². The molecule has 0 amide bonds. The molecule has 1 aliphatic rings. The summed E-state index contributed by atoms with van der Waals surface area (Å²) < 4.78 is 0.938. The standard InChI is InChI=1S/C11H14BrNO/c12-9-1-2-10(11(14)7-9)8-3-5-13-6-4-8/h1-2,7-8,13-14H,3-6H2. The Morgan fingerprint density at radius 1 is 1.29 bits per heavy atom. The van der Waals surface area contributed by atoms with E-state index in [2.05, 4.69) is 21.2 Å². The summed E-state index contributed by atoms with van der Waals surface area (Å²) in [4.78, 5) is 0. The fraction of sp³-hybridized carbons (Fsp3) is 0.455. The zero-order valence-corrected chi connectivity index (χ0v) is 9.55. The van der Waals surface area contributed by atoms with Crippen LogP contribution in [0.1, 0.15) is 24.3 Å². The first-order valence-corrected chi connectivity index (χ1v) is 5.76. The van der Waals surface area contributed by atoms with E-state index in [4.69, 9.17) is 0 Å².